The number of amides is 1. The molecule has 3 rings (SSSR count). The number of ether oxygens (including phenoxy) is 1. The van der Waals surface area contributed by atoms with E-state index in [-0.39, 0.29) is 12.2 Å². The maximum Gasteiger partial charge on any atom is 0.290 e. The summed E-state index contributed by atoms with van der Waals surface area (Å²) in [5.74, 6) is -0.00203. The Kier molecular flexibility index (Phi) is 5.24. The Labute approximate surface area is 158 Å². The predicted octanol–water partition coefficient (Wildman–Crippen LogP) is 2.85. The molecule has 0 aliphatic carbocycles. The summed E-state index contributed by atoms with van der Waals surface area (Å²) in [6.45, 7) is -0.294. The van der Waals surface area contributed by atoms with Crippen molar-refractivity contribution in [3.8, 4) is 16.3 Å². The molecule has 0 unspecified atom stereocenters. The summed E-state index contributed by atoms with van der Waals surface area (Å²) >= 11 is 7.41. The second kappa shape index (κ2) is 7.59. The summed E-state index contributed by atoms with van der Waals surface area (Å²) in [4.78, 5) is 25.4. The summed E-state index contributed by atoms with van der Waals surface area (Å²) in [6.07, 6.45) is 0. The summed E-state index contributed by atoms with van der Waals surface area (Å²) in [6, 6.07) is 10.1. The molecule has 0 bridgehead atoms. The highest BCUT2D eigenvalue weighted by atomic mass is 35.5. The molecule has 26 heavy (non-hydrogen) atoms. The van der Waals surface area contributed by atoms with Crippen LogP contribution in [0.3, 0.4) is 0 Å². The van der Waals surface area contributed by atoms with Crippen LogP contribution >= 0.6 is 22.9 Å². The van der Waals surface area contributed by atoms with Crippen LogP contribution in [0, 0.1) is 0 Å². The summed E-state index contributed by atoms with van der Waals surface area (Å²) in [5, 5.41) is 9.23. The van der Waals surface area contributed by atoms with Crippen LogP contribution in [0.1, 0.15) is 0 Å². The fourth-order valence-corrected chi connectivity index (χ4v) is 3.17. The molecule has 0 aliphatic heterocycles. The van der Waals surface area contributed by atoms with Gasteiger partial charge in [0.05, 0.1) is 17.7 Å². The van der Waals surface area contributed by atoms with Gasteiger partial charge >= 0.3 is 0 Å². The van der Waals surface area contributed by atoms with Gasteiger partial charge in [0.1, 0.15) is 23.7 Å². The average molecular weight is 391 g/mol. The third-order valence-electron chi connectivity index (χ3n) is 3.50. The highest BCUT2D eigenvalue weighted by Crippen LogP contribution is 2.27. The number of benzene rings is 1. The monoisotopic (exact) mass is 390 g/mol. The molecule has 0 spiro atoms. The van der Waals surface area contributed by atoms with Crippen molar-refractivity contribution in [3.63, 3.8) is 0 Å². The van der Waals surface area contributed by atoms with E-state index in [1.54, 1.807) is 18.2 Å². The van der Waals surface area contributed by atoms with E-state index in [4.69, 9.17) is 22.1 Å². The second-order valence-corrected chi connectivity index (χ2v) is 6.70. The Bertz CT molecular complexity index is 1000. The minimum atomic E-state index is -0.529. The molecule has 0 saturated heterocycles. The Hall–Kier alpha value is -2.84. The number of carbonyl (C=O) groups excluding carboxylic acids is 1. The number of hydrogen-bond donors (Lipinski definition) is 2. The number of nitrogens with two attached hydrogens (primary N) is 1. The molecular weight excluding hydrogens is 376 g/mol. The van der Waals surface area contributed by atoms with E-state index < -0.39 is 11.5 Å². The zero-order valence-electron chi connectivity index (χ0n) is 13.7. The van der Waals surface area contributed by atoms with Crippen molar-refractivity contribution >= 4 is 40.2 Å². The fourth-order valence-electron chi connectivity index (χ4n) is 2.32. The number of aromatic nitrogens is 2. The number of thiophene rings is 1. The number of hydrogen-bond acceptors (Lipinski definition) is 6. The zero-order chi connectivity index (χ0) is 18.7. The van der Waals surface area contributed by atoms with Crippen molar-refractivity contribution < 1.29 is 9.53 Å². The molecule has 3 N–H and O–H groups in total. The van der Waals surface area contributed by atoms with Gasteiger partial charge in [-0.15, -0.1) is 11.3 Å². The third kappa shape index (κ3) is 3.87. The molecular formula is C17H15ClN4O3S. The maximum atomic E-state index is 12.4. The minimum absolute atomic E-state index is 0.0246. The van der Waals surface area contributed by atoms with Gasteiger partial charge in [0.15, 0.2) is 0 Å². The summed E-state index contributed by atoms with van der Waals surface area (Å²) in [5.41, 5.74) is 6.21. The first-order valence-corrected chi connectivity index (χ1v) is 8.78. The molecule has 134 valence electrons. The van der Waals surface area contributed by atoms with Crippen molar-refractivity contribution in [1.82, 2.24) is 9.78 Å². The molecule has 2 aromatic heterocycles. The van der Waals surface area contributed by atoms with Gasteiger partial charge in [-0.25, -0.2) is 4.68 Å². The first kappa shape index (κ1) is 18.0. The number of rotatable bonds is 5. The van der Waals surface area contributed by atoms with E-state index >= 15 is 0 Å². The minimum Gasteiger partial charge on any atom is -0.495 e. The molecule has 3 aromatic rings. The van der Waals surface area contributed by atoms with Crippen molar-refractivity contribution in [3.05, 3.63) is 57.2 Å². The van der Waals surface area contributed by atoms with Crippen LogP contribution in [-0.2, 0) is 11.3 Å². The molecule has 0 fully saturated rings. The molecule has 9 heteroatoms. The van der Waals surface area contributed by atoms with Gasteiger partial charge in [0.2, 0.25) is 5.91 Å². The lowest BCUT2D eigenvalue weighted by molar-refractivity contribution is -0.117. The number of anilines is 2. The summed E-state index contributed by atoms with van der Waals surface area (Å²) in [7, 11) is 1.48. The smallest absolute Gasteiger partial charge is 0.290 e. The third-order valence-corrected chi connectivity index (χ3v) is 4.63. The van der Waals surface area contributed by atoms with Crippen LogP contribution in [0.25, 0.3) is 10.6 Å². The van der Waals surface area contributed by atoms with E-state index in [9.17, 15) is 9.59 Å². The van der Waals surface area contributed by atoms with Crippen molar-refractivity contribution in [1.29, 1.82) is 0 Å². The van der Waals surface area contributed by atoms with Gasteiger partial charge in [-0.05, 0) is 35.7 Å². The fraction of sp³-hybridized carbons (Fsp3) is 0.118. The number of nitrogen functional groups attached to an aromatic ring is 1. The number of halogens is 1. The molecule has 1 aromatic carbocycles. The van der Waals surface area contributed by atoms with Gasteiger partial charge in [0.25, 0.3) is 5.56 Å². The number of nitrogens with one attached hydrogen (secondary N) is 1. The van der Waals surface area contributed by atoms with Crippen LogP contribution in [0.2, 0.25) is 5.02 Å². The van der Waals surface area contributed by atoms with Gasteiger partial charge in [-0.3, -0.25) is 9.59 Å². The van der Waals surface area contributed by atoms with Crippen LogP contribution in [-0.4, -0.2) is 22.8 Å². The molecule has 2 heterocycles. The van der Waals surface area contributed by atoms with Gasteiger partial charge in [0, 0.05) is 5.02 Å². The van der Waals surface area contributed by atoms with Gasteiger partial charge in [-0.1, -0.05) is 17.7 Å². The number of nitrogens with zero attached hydrogens (tertiary/aromatic N) is 2. The maximum absolute atomic E-state index is 12.4. The van der Waals surface area contributed by atoms with Crippen molar-refractivity contribution in [2.24, 2.45) is 0 Å². The SMILES string of the molecule is COc1ccc(Cl)cc1NC(=O)Cn1nc(-c2cccs2)cc(N)c1=O. The molecule has 7 nitrogen and oxygen atoms in total. The molecule has 0 radical (unpaired) electrons. The lowest BCUT2D eigenvalue weighted by Gasteiger charge is -2.12. The van der Waals surface area contributed by atoms with Crippen molar-refractivity contribution in [2.45, 2.75) is 6.54 Å². The first-order chi connectivity index (χ1) is 12.5. The molecule has 1 amide bonds. The topological polar surface area (TPSA) is 99.2 Å². The van der Waals surface area contributed by atoms with E-state index in [1.165, 1.54) is 24.5 Å². The normalized spacial score (nSPS) is 10.5. The highest BCUT2D eigenvalue weighted by molar-refractivity contribution is 7.13. The van der Waals surface area contributed by atoms with E-state index in [1.807, 2.05) is 17.5 Å². The predicted molar refractivity (Wildman–Crippen MR) is 103 cm³/mol. The van der Waals surface area contributed by atoms with E-state index in [0.29, 0.717) is 22.2 Å². The Balaban J connectivity index is 1.86. The molecule has 0 aliphatic rings. The first-order valence-electron chi connectivity index (χ1n) is 7.53. The molecule has 0 saturated carbocycles. The molecule has 0 atom stereocenters. The zero-order valence-corrected chi connectivity index (χ0v) is 15.3. The van der Waals surface area contributed by atoms with Crippen molar-refractivity contribution in [2.75, 3.05) is 18.2 Å². The number of carbonyl (C=O) groups is 1. The van der Waals surface area contributed by atoms with E-state index in [0.717, 1.165) is 9.56 Å². The largest absolute Gasteiger partial charge is 0.495 e. The number of methoxy groups -OCH3 is 1. The standard InChI is InChI=1S/C17H15ClN4O3S/c1-25-14-5-4-10(18)7-12(14)20-16(23)9-22-17(24)11(19)8-13(21-22)15-3-2-6-26-15/h2-8H,9,19H2,1H3,(H,20,23). The lowest BCUT2D eigenvalue weighted by atomic mass is 10.3. The highest BCUT2D eigenvalue weighted by Gasteiger charge is 2.13. The average Bonchev–Trinajstić information content (AvgIpc) is 3.13. The Morgan fingerprint density at radius 3 is 2.88 bits per heavy atom. The van der Waals surface area contributed by atoms with Crippen LogP contribution in [0.15, 0.2) is 46.6 Å². The van der Waals surface area contributed by atoms with E-state index in [2.05, 4.69) is 10.4 Å². The van der Waals surface area contributed by atoms with Crippen LogP contribution in [0.4, 0.5) is 11.4 Å². The summed E-state index contributed by atoms with van der Waals surface area (Å²) < 4.78 is 6.22. The lowest BCUT2D eigenvalue weighted by Crippen LogP contribution is -2.31. The van der Waals surface area contributed by atoms with Gasteiger partial charge in [-0.2, -0.15) is 5.10 Å². The Morgan fingerprint density at radius 1 is 1.38 bits per heavy atom. The van der Waals surface area contributed by atoms with Gasteiger partial charge < -0.3 is 15.8 Å². The second-order valence-electron chi connectivity index (χ2n) is 5.32. The van der Waals surface area contributed by atoms with Crippen LogP contribution in [0.5, 0.6) is 5.75 Å². The van der Waals surface area contributed by atoms with Crippen LogP contribution < -0.4 is 21.3 Å². The Morgan fingerprint density at radius 2 is 2.19 bits per heavy atom. The quantitative estimate of drug-likeness (QED) is 0.697.